The zero-order valence-electron chi connectivity index (χ0n) is 14.0. The van der Waals surface area contributed by atoms with E-state index in [-0.39, 0.29) is 30.8 Å². The summed E-state index contributed by atoms with van der Waals surface area (Å²) >= 11 is 0. The van der Waals surface area contributed by atoms with Gasteiger partial charge in [-0.3, -0.25) is 4.79 Å². The first kappa shape index (κ1) is 20.3. The SMILES string of the molecule is Cl.O=C(Cc1ccc(C(F)(F)F)cc1)NCC1NCCc2ccccc21. The van der Waals surface area contributed by atoms with Gasteiger partial charge in [0.2, 0.25) is 5.91 Å². The number of benzene rings is 2. The van der Waals surface area contributed by atoms with Gasteiger partial charge < -0.3 is 10.6 Å². The summed E-state index contributed by atoms with van der Waals surface area (Å²) in [7, 11) is 0. The summed E-state index contributed by atoms with van der Waals surface area (Å²) in [5.41, 5.74) is 2.31. The highest BCUT2D eigenvalue weighted by Gasteiger charge is 2.30. The van der Waals surface area contributed by atoms with Gasteiger partial charge in [-0.15, -0.1) is 12.4 Å². The molecule has 3 nitrogen and oxygen atoms in total. The van der Waals surface area contributed by atoms with E-state index < -0.39 is 11.7 Å². The second-order valence-electron chi connectivity index (χ2n) is 6.13. The number of fused-ring (bicyclic) bond motifs is 1. The number of halogens is 4. The molecule has 0 saturated carbocycles. The molecule has 0 saturated heterocycles. The van der Waals surface area contributed by atoms with E-state index in [4.69, 9.17) is 0 Å². The first-order valence-corrected chi connectivity index (χ1v) is 8.17. The summed E-state index contributed by atoms with van der Waals surface area (Å²) < 4.78 is 37.6. The first-order chi connectivity index (χ1) is 11.9. The summed E-state index contributed by atoms with van der Waals surface area (Å²) in [5, 5.41) is 6.24. The molecule has 1 unspecified atom stereocenters. The molecule has 0 fully saturated rings. The number of rotatable bonds is 4. The fraction of sp³-hybridized carbons (Fsp3) is 0.316. The Morgan fingerprint density at radius 3 is 2.50 bits per heavy atom. The van der Waals surface area contributed by atoms with E-state index in [1.54, 1.807) is 0 Å². The minimum atomic E-state index is -4.36. The van der Waals surface area contributed by atoms with Crippen LogP contribution in [0.25, 0.3) is 0 Å². The Morgan fingerprint density at radius 2 is 1.81 bits per heavy atom. The lowest BCUT2D eigenvalue weighted by Crippen LogP contribution is -2.39. The van der Waals surface area contributed by atoms with Crippen LogP contribution in [0.3, 0.4) is 0 Å². The predicted molar refractivity (Wildman–Crippen MR) is 96.3 cm³/mol. The number of amides is 1. The molecule has 1 aliphatic rings. The van der Waals surface area contributed by atoms with Crippen molar-refractivity contribution in [3.8, 4) is 0 Å². The van der Waals surface area contributed by atoms with Gasteiger partial charge in [0.05, 0.1) is 12.0 Å². The van der Waals surface area contributed by atoms with Crippen LogP contribution in [-0.4, -0.2) is 19.0 Å². The van der Waals surface area contributed by atoms with Crippen molar-refractivity contribution in [1.29, 1.82) is 0 Å². The summed E-state index contributed by atoms with van der Waals surface area (Å²) in [5.74, 6) is -0.204. The topological polar surface area (TPSA) is 41.1 Å². The minimum Gasteiger partial charge on any atom is -0.354 e. The van der Waals surface area contributed by atoms with Crippen LogP contribution in [0.5, 0.6) is 0 Å². The van der Waals surface area contributed by atoms with Gasteiger partial charge in [-0.05, 0) is 41.8 Å². The van der Waals surface area contributed by atoms with Crippen molar-refractivity contribution in [2.24, 2.45) is 0 Å². The van der Waals surface area contributed by atoms with Gasteiger partial charge in [-0.2, -0.15) is 13.2 Å². The Hall–Kier alpha value is -2.05. The molecule has 2 aromatic carbocycles. The molecule has 140 valence electrons. The minimum absolute atomic E-state index is 0. The number of carbonyl (C=O) groups excluding carboxylic acids is 1. The molecule has 1 aliphatic heterocycles. The fourth-order valence-electron chi connectivity index (χ4n) is 3.05. The summed E-state index contributed by atoms with van der Waals surface area (Å²) in [4.78, 5) is 12.1. The van der Waals surface area contributed by atoms with Gasteiger partial charge in [0.15, 0.2) is 0 Å². The van der Waals surface area contributed by atoms with Crippen molar-refractivity contribution in [2.45, 2.75) is 25.1 Å². The van der Waals surface area contributed by atoms with E-state index in [0.717, 1.165) is 25.1 Å². The van der Waals surface area contributed by atoms with Crippen molar-refractivity contribution in [2.75, 3.05) is 13.1 Å². The van der Waals surface area contributed by atoms with Crippen LogP contribution in [0.2, 0.25) is 0 Å². The van der Waals surface area contributed by atoms with Crippen LogP contribution in [0, 0.1) is 0 Å². The lowest BCUT2D eigenvalue weighted by Gasteiger charge is -2.27. The van der Waals surface area contributed by atoms with Crippen molar-refractivity contribution in [1.82, 2.24) is 10.6 Å². The number of alkyl halides is 3. The molecule has 2 aromatic rings. The molecule has 0 aromatic heterocycles. The van der Waals surface area contributed by atoms with E-state index in [1.807, 2.05) is 18.2 Å². The molecular weight excluding hydrogens is 365 g/mol. The number of hydrogen-bond donors (Lipinski definition) is 2. The van der Waals surface area contributed by atoms with Gasteiger partial charge in [0, 0.05) is 12.6 Å². The van der Waals surface area contributed by atoms with E-state index in [1.165, 1.54) is 23.3 Å². The third kappa shape index (κ3) is 4.99. The molecule has 1 amide bonds. The lowest BCUT2D eigenvalue weighted by molar-refractivity contribution is -0.137. The Balaban J connectivity index is 0.00000243. The average Bonchev–Trinajstić information content (AvgIpc) is 2.59. The van der Waals surface area contributed by atoms with Crippen LogP contribution in [-0.2, 0) is 23.8 Å². The molecule has 1 atom stereocenters. The van der Waals surface area contributed by atoms with Crippen molar-refractivity contribution >= 4 is 18.3 Å². The van der Waals surface area contributed by atoms with Gasteiger partial charge in [0.25, 0.3) is 0 Å². The lowest BCUT2D eigenvalue weighted by atomic mass is 9.94. The molecule has 3 rings (SSSR count). The quantitative estimate of drug-likeness (QED) is 0.844. The monoisotopic (exact) mass is 384 g/mol. The number of hydrogen-bond acceptors (Lipinski definition) is 2. The molecule has 7 heteroatoms. The first-order valence-electron chi connectivity index (χ1n) is 8.17. The van der Waals surface area contributed by atoms with Crippen molar-refractivity contribution in [3.63, 3.8) is 0 Å². The van der Waals surface area contributed by atoms with E-state index in [2.05, 4.69) is 16.7 Å². The van der Waals surface area contributed by atoms with Crippen LogP contribution in [0.1, 0.15) is 28.3 Å². The Bertz CT molecular complexity index is 747. The summed E-state index contributed by atoms with van der Waals surface area (Å²) in [6, 6.07) is 12.9. The molecule has 0 aliphatic carbocycles. The maximum atomic E-state index is 12.5. The van der Waals surface area contributed by atoms with Gasteiger partial charge in [-0.25, -0.2) is 0 Å². The normalized spacial score (nSPS) is 16.3. The predicted octanol–water partition coefficient (Wildman–Crippen LogP) is 3.67. The second-order valence-corrected chi connectivity index (χ2v) is 6.13. The van der Waals surface area contributed by atoms with Crippen molar-refractivity contribution in [3.05, 3.63) is 70.8 Å². The highest BCUT2D eigenvalue weighted by Crippen LogP contribution is 2.29. The molecule has 0 radical (unpaired) electrons. The number of carbonyl (C=O) groups is 1. The molecule has 26 heavy (non-hydrogen) atoms. The maximum Gasteiger partial charge on any atom is 0.416 e. The van der Waals surface area contributed by atoms with Crippen LogP contribution in [0.15, 0.2) is 48.5 Å². The highest BCUT2D eigenvalue weighted by atomic mass is 35.5. The Morgan fingerprint density at radius 1 is 1.12 bits per heavy atom. The van der Waals surface area contributed by atoms with E-state index in [0.29, 0.717) is 12.1 Å². The fourth-order valence-corrected chi connectivity index (χ4v) is 3.05. The van der Waals surface area contributed by atoms with Crippen LogP contribution < -0.4 is 10.6 Å². The maximum absolute atomic E-state index is 12.5. The molecule has 1 heterocycles. The molecule has 2 N–H and O–H groups in total. The summed E-state index contributed by atoms with van der Waals surface area (Å²) in [6.45, 7) is 1.31. The zero-order valence-corrected chi connectivity index (χ0v) is 14.8. The standard InChI is InChI=1S/C19H19F3N2O.ClH/c20-19(21,22)15-7-5-13(6-8-15)11-18(25)24-12-17-16-4-2-1-3-14(16)9-10-23-17;/h1-8,17,23H,9-12H2,(H,24,25);1H. The average molecular weight is 385 g/mol. The Labute approximate surface area is 156 Å². The molecule has 0 bridgehead atoms. The van der Waals surface area contributed by atoms with Crippen LogP contribution >= 0.6 is 12.4 Å². The zero-order chi connectivity index (χ0) is 17.9. The second kappa shape index (κ2) is 8.56. The van der Waals surface area contributed by atoms with Gasteiger partial charge >= 0.3 is 6.18 Å². The van der Waals surface area contributed by atoms with E-state index >= 15 is 0 Å². The van der Waals surface area contributed by atoms with Gasteiger partial charge in [-0.1, -0.05) is 36.4 Å². The molecular formula is C19H20ClF3N2O. The highest BCUT2D eigenvalue weighted by molar-refractivity contribution is 5.85. The third-order valence-corrected chi connectivity index (χ3v) is 4.36. The van der Waals surface area contributed by atoms with Crippen LogP contribution in [0.4, 0.5) is 13.2 Å². The Kier molecular flexibility index (Phi) is 6.67. The van der Waals surface area contributed by atoms with E-state index in [9.17, 15) is 18.0 Å². The summed E-state index contributed by atoms with van der Waals surface area (Å²) in [6.07, 6.45) is -3.33. The third-order valence-electron chi connectivity index (χ3n) is 4.36. The largest absolute Gasteiger partial charge is 0.416 e. The number of nitrogens with one attached hydrogen (secondary N) is 2. The molecule has 0 spiro atoms. The smallest absolute Gasteiger partial charge is 0.354 e. The van der Waals surface area contributed by atoms with Crippen molar-refractivity contribution < 1.29 is 18.0 Å². The van der Waals surface area contributed by atoms with Gasteiger partial charge in [0.1, 0.15) is 0 Å².